The maximum Gasteiger partial charge on any atom is 0.200 e. The molecule has 0 aliphatic heterocycles. The molecule has 1 nitrogen and oxygen atoms in total. The van der Waals surface area contributed by atoms with E-state index in [1.165, 1.54) is 0 Å². The van der Waals surface area contributed by atoms with Crippen LogP contribution in [0.4, 0.5) is 17.6 Å². The summed E-state index contributed by atoms with van der Waals surface area (Å²) in [6, 6.07) is 4.12. The van der Waals surface area contributed by atoms with E-state index in [2.05, 4.69) is 0 Å². The van der Waals surface area contributed by atoms with Gasteiger partial charge in [0.25, 0.3) is 0 Å². The maximum atomic E-state index is 13.4. The predicted octanol–water partition coefficient (Wildman–Crippen LogP) is 3.62. The summed E-state index contributed by atoms with van der Waals surface area (Å²) in [6.07, 6.45) is 0. The minimum atomic E-state index is -1.43. The third-order valence-corrected chi connectivity index (χ3v) is 2.25. The average Bonchev–Trinajstić information content (AvgIpc) is 2.28. The maximum absolute atomic E-state index is 13.4. The van der Waals surface area contributed by atoms with Gasteiger partial charge >= 0.3 is 0 Å². The van der Waals surface area contributed by atoms with Crippen LogP contribution >= 0.6 is 0 Å². The number of rotatable bonds is 1. The van der Waals surface area contributed by atoms with Crippen LogP contribution in [0, 0.1) is 23.3 Å². The van der Waals surface area contributed by atoms with Crippen molar-refractivity contribution in [3.8, 4) is 16.9 Å². The topological polar surface area (TPSA) is 20.2 Å². The van der Waals surface area contributed by atoms with Crippen LogP contribution in [0.5, 0.6) is 5.75 Å². The first-order valence-corrected chi connectivity index (χ1v) is 4.62. The van der Waals surface area contributed by atoms with Crippen LogP contribution in [0.3, 0.4) is 0 Å². The molecule has 5 heteroatoms. The van der Waals surface area contributed by atoms with Crippen molar-refractivity contribution in [1.29, 1.82) is 0 Å². The van der Waals surface area contributed by atoms with Gasteiger partial charge in [-0.25, -0.2) is 13.2 Å². The number of benzene rings is 2. The molecule has 0 radical (unpaired) electrons. The van der Waals surface area contributed by atoms with Crippen LogP contribution < -0.4 is 0 Å². The molecule has 0 aliphatic rings. The van der Waals surface area contributed by atoms with Gasteiger partial charge < -0.3 is 5.11 Å². The molecule has 0 amide bonds. The lowest BCUT2D eigenvalue weighted by Crippen LogP contribution is -1.90. The lowest BCUT2D eigenvalue weighted by Gasteiger charge is -2.05. The van der Waals surface area contributed by atoms with E-state index in [1.54, 1.807) is 0 Å². The van der Waals surface area contributed by atoms with E-state index in [-0.39, 0.29) is 11.1 Å². The highest BCUT2D eigenvalue weighted by Crippen LogP contribution is 2.29. The minimum absolute atomic E-state index is 0.140. The second-order valence-electron chi connectivity index (χ2n) is 3.42. The van der Waals surface area contributed by atoms with Crippen molar-refractivity contribution in [2.75, 3.05) is 0 Å². The molecule has 0 aromatic heterocycles. The average molecular weight is 242 g/mol. The van der Waals surface area contributed by atoms with Crippen molar-refractivity contribution in [1.82, 2.24) is 0 Å². The Morgan fingerprint density at radius 1 is 0.824 bits per heavy atom. The molecular formula is C12H6F4O. The Hall–Kier alpha value is -2.04. The molecule has 88 valence electrons. The van der Waals surface area contributed by atoms with Gasteiger partial charge in [-0.3, -0.25) is 0 Å². The fraction of sp³-hybridized carbons (Fsp3) is 0. The molecule has 1 N–H and O–H groups in total. The number of hydrogen-bond acceptors (Lipinski definition) is 1. The Kier molecular flexibility index (Phi) is 2.75. The van der Waals surface area contributed by atoms with E-state index < -0.39 is 29.0 Å². The molecule has 2 aromatic rings. The van der Waals surface area contributed by atoms with Gasteiger partial charge in [-0.1, -0.05) is 0 Å². The Morgan fingerprint density at radius 3 is 2.18 bits per heavy atom. The van der Waals surface area contributed by atoms with Crippen LogP contribution in [0.1, 0.15) is 0 Å². The molecule has 0 aliphatic carbocycles. The van der Waals surface area contributed by atoms with E-state index in [0.717, 1.165) is 24.3 Å². The first kappa shape index (κ1) is 11.4. The van der Waals surface area contributed by atoms with Crippen LogP contribution in [-0.4, -0.2) is 5.11 Å². The van der Waals surface area contributed by atoms with Gasteiger partial charge in [-0.05, 0) is 35.9 Å². The zero-order valence-corrected chi connectivity index (χ0v) is 8.35. The van der Waals surface area contributed by atoms with Crippen LogP contribution in [0.2, 0.25) is 0 Å². The second-order valence-corrected chi connectivity index (χ2v) is 3.42. The predicted molar refractivity (Wildman–Crippen MR) is 53.4 cm³/mol. The quantitative estimate of drug-likeness (QED) is 0.757. The van der Waals surface area contributed by atoms with Crippen molar-refractivity contribution < 1.29 is 22.7 Å². The van der Waals surface area contributed by atoms with E-state index in [4.69, 9.17) is 5.11 Å². The first-order chi connectivity index (χ1) is 7.99. The molecule has 2 aromatic carbocycles. The number of halogens is 4. The number of phenolic OH excluding ortho intramolecular Hbond substituents is 1. The largest absolute Gasteiger partial charge is 0.505 e. The molecule has 2 rings (SSSR count). The molecule has 0 spiro atoms. The number of hydrogen-bond donors (Lipinski definition) is 1. The Labute approximate surface area is 93.9 Å². The minimum Gasteiger partial charge on any atom is -0.505 e. The SMILES string of the molecule is Oc1cc(-c2cc(F)ccc2F)cc(F)c1F. The van der Waals surface area contributed by atoms with Crippen molar-refractivity contribution in [3.63, 3.8) is 0 Å². The highest BCUT2D eigenvalue weighted by Gasteiger charge is 2.13. The summed E-state index contributed by atoms with van der Waals surface area (Å²) in [4.78, 5) is 0. The van der Waals surface area contributed by atoms with Gasteiger partial charge in [0.05, 0.1) is 0 Å². The summed E-state index contributed by atoms with van der Waals surface area (Å²) in [5, 5.41) is 9.07. The standard InChI is InChI=1S/C12H6F4O/c13-7-1-2-9(14)8(5-7)6-3-10(15)12(16)11(17)4-6/h1-5,17H. The molecular weight excluding hydrogens is 236 g/mol. The Morgan fingerprint density at radius 2 is 1.53 bits per heavy atom. The summed E-state index contributed by atoms with van der Waals surface area (Å²) < 4.78 is 52.1. The van der Waals surface area contributed by atoms with Crippen LogP contribution in [0.15, 0.2) is 30.3 Å². The van der Waals surface area contributed by atoms with Crippen LogP contribution in [-0.2, 0) is 0 Å². The zero-order chi connectivity index (χ0) is 12.6. The Balaban J connectivity index is 2.64. The van der Waals surface area contributed by atoms with Crippen LogP contribution in [0.25, 0.3) is 11.1 Å². The van der Waals surface area contributed by atoms with E-state index in [9.17, 15) is 17.6 Å². The lowest BCUT2D eigenvalue weighted by molar-refractivity contribution is 0.407. The van der Waals surface area contributed by atoms with Gasteiger partial charge in [-0.15, -0.1) is 0 Å². The molecule has 0 unspecified atom stereocenters. The normalized spacial score (nSPS) is 10.6. The third-order valence-electron chi connectivity index (χ3n) is 2.25. The summed E-state index contributed by atoms with van der Waals surface area (Å²) in [5.41, 5.74) is -0.391. The molecule has 0 saturated carbocycles. The highest BCUT2D eigenvalue weighted by molar-refractivity contribution is 5.66. The van der Waals surface area contributed by atoms with Gasteiger partial charge in [0.2, 0.25) is 0 Å². The van der Waals surface area contributed by atoms with Crippen molar-refractivity contribution in [2.45, 2.75) is 0 Å². The van der Waals surface area contributed by atoms with Crippen molar-refractivity contribution >= 4 is 0 Å². The van der Waals surface area contributed by atoms with Crippen molar-refractivity contribution in [3.05, 3.63) is 53.6 Å². The van der Waals surface area contributed by atoms with E-state index >= 15 is 0 Å². The van der Waals surface area contributed by atoms with Gasteiger partial charge in [-0.2, -0.15) is 4.39 Å². The second kappa shape index (κ2) is 4.08. The molecule has 0 atom stereocenters. The third kappa shape index (κ3) is 2.08. The molecule has 0 saturated heterocycles. The summed E-state index contributed by atoms with van der Waals surface area (Å²) in [6.45, 7) is 0. The fourth-order valence-corrected chi connectivity index (χ4v) is 1.45. The first-order valence-electron chi connectivity index (χ1n) is 4.62. The molecule has 0 bridgehead atoms. The van der Waals surface area contributed by atoms with E-state index in [0.29, 0.717) is 6.07 Å². The lowest BCUT2D eigenvalue weighted by atomic mass is 10.0. The highest BCUT2D eigenvalue weighted by atomic mass is 19.2. The zero-order valence-electron chi connectivity index (χ0n) is 8.35. The van der Waals surface area contributed by atoms with Gasteiger partial charge in [0.1, 0.15) is 11.6 Å². The van der Waals surface area contributed by atoms with Gasteiger partial charge in [0.15, 0.2) is 17.4 Å². The van der Waals surface area contributed by atoms with Crippen molar-refractivity contribution in [2.24, 2.45) is 0 Å². The Bertz CT molecular complexity index is 558. The number of aromatic hydroxyl groups is 1. The summed E-state index contributed by atoms with van der Waals surface area (Å²) in [7, 11) is 0. The smallest absolute Gasteiger partial charge is 0.200 e. The summed E-state index contributed by atoms with van der Waals surface area (Å²) >= 11 is 0. The molecule has 0 fully saturated rings. The van der Waals surface area contributed by atoms with Gasteiger partial charge in [0, 0.05) is 5.56 Å². The monoisotopic (exact) mass is 242 g/mol. The molecule has 17 heavy (non-hydrogen) atoms. The number of phenols is 1. The summed E-state index contributed by atoms with van der Waals surface area (Å²) in [5.74, 6) is -5.22. The molecule has 0 heterocycles. The van der Waals surface area contributed by atoms with E-state index in [1.807, 2.05) is 0 Å². The fourth-order valence-electron chi connectivity index (χ4n) is 1.45.